The number of likely N-dealkylation sites (tertiary alicyclic amines) is 1. The number of hydrogen-bond donors (Lipinski definition) is 3. The average Bonchev–Trinajstić information content (AvgIpc) is 3.45. The maximum atomic E-state index is 12.4. The number of carboxylic acid groups (broad SMARTS) is 1. The molecule has 3 aromatic rings. The molecule has 3 N–H and O–H groups in total. The first-order valence-electron chi connectivity index (χ1n) is 12.2. The summed E-state index contributed by atoms with van der Waals surface area (Å²) in [4.78, 5) is 50.7. The Hall–Kier alpha value is -4.26. The fourth-order valence-corrected chi connectivity index (χ4v) is 4.32. The van der Waals surface area contributed by atoms with E-state index in [1.165, 1.54) is 6.33 Å². The summed E-state index contributed by atoms with van der Waals surface area (Å²) in [6.45, 7) is 5.87. The third-order valence-corrected chi connectivity index (χ3v) is 5.91. The first kappa shape index (κ1) is 26.8. The monoisotopic (exact) mass is 525 g/mol. The Morgan fingerprint density at radius 2 is 1.87 bits per heavy atom. The number of rotatable bonds is 8. The summed E-state index contributed by atoms with van der Waals surface area (Å²) in [6, 6.07) is 8.88. The Bertz CT molecular complexity index is 1290. The highest BCUT2D eigenvalue weighted by Crippen LogP contribution is 2.30. The average molecular weight is 526 g/mol. The topological polar surface area (TPSA) is 161 Å². The van der Waals surface area contributed by atoms with Crippen LogP contribution in [0, 0.1) is 0 Å². The van der Waals surface area contributed by atoms with Crippen molar-refractivity contribution in [3.8, 4) is 0 Å². The molecule has 0 spiro atoms. The quantitative estimate of drug-likeness (QED) is 0.399. The number of ether oxygens (including phenoxy) is 2. The summed E-state index contributed by atoms with van der Waals surface area (Å²) in [5.41, 5.74) is 1.07. The molecule has 13 heteroatoms. The summed E-state index contributed by atoms with van der Waals surface area (Å²) in [5.74, 6) is -0.762. The van der Waals surface area contributed by atoms with E-state index in [0.717, 1.165) is 5.56 Å². The molecule has 0 bridgehead atoms. The lowest BCUT2D eigenvalue weighted by atomic mass is 10.1. The smallest absolute Gasteiger partial charge is 0.413 e. The van der Waals surface area contributed by atoms with Crippen molar-refractivity contribution in [2.75, 3.05) is 25.0 Å². The van der Waals surface area contributed by atoms with Crippen LogP contribution in [0.15, 0.2) is 43.0 Å². The van der Waals surface area contributed by atoms with Crippen LogP contribution in [0.4, 0.5) is 15.4 Å². The van der Waals surface area contributed by atoms with Crippen molar-refractivity contribution in [1.29, 1.82) is 0 Å². The molecule has 38 heavy (non-hydrogen) atoms. The van der Waals surface area contributed by atoms with Crippen LogP contribution in [0.3, 0.4) is 0 Å². The van der Waals surface area contributed by atoms with Gasteiger partial charge in [0.15, 0.2) is 17.0 Å². The molecule has 13 nitrogen and oxygen atoms in total. The lowest BCUT2D eigenvalue weighted by Crippen LogP contribution is -2.43. The summed E-state index contributed by atoms with van der Waals surface area (Å²) >= 11 is 0. The molecule has 1 fully saturated rings. The molecule has 1 aromatic carbocycles. The van der Waals surface area contributed by atoms with Gasteiger partial charge in [-0.15, -0.1) is 0 Å². The number of benzene rings is 1. The minimum absolute atomic E-state index is 0.107. The number of imidazole rings is 1. The molecule has 4 rings (SSSR count). The fourth-order valence-electron chi connectivity index (χ4n) is 4.32. The minimum Gasteiger partial charge on any atom is -0.480 e. The van der Waals surface area contributed by atoms with Crippen molar-refractivity contribution in [3.05, 3.63) is 48.5 Å². The van der Waals surface area contributed by atoms with Crippen LogP contribution in [-0.2, 0) is 20.9 Å². The molecule has 0 saturated carbocycles. The van der Waals surface area contributed by atoms with Crippen molar-refractivity contribution >= 4 is 35.1 Å². The number of fused-ring (bicyclic) bond motifs is 1. The minimum atomic E-state index is -0.966. The van der Waals surface area contributed by atoms with Crippen LogP contribution in [0.5, 0.6) is 0 Å². The number of nitrogens with one attached hydrogen (secondary N) is 2. The van der Waals surface area contributed by atoms with Crippen molar-refractivity contribution < 1.29 is 29.0 Å². The van der Waals surface area contributed by atoms with Crippen LogP contribution in [0.1, 0.15) is 38.8 Å². The molecule has 3 heterocycles. The third-order valence-electron chi connectivity index (χ3n) is 5.91. The lowest BCUT2D eigenvalue weighted by Gasteiger charge is -2.24. The number of aliphatic carboxylic acids is 1. The van der Waals surface area contributed by atoms with Crippen LogP contribution in [0.2, 0.25) is 0 Å². The molecular weight excluding hydrogens is 494 g/mol. The van der Waals surface area contributed by atoms with Gasteiger partial charge in [-0.05, 0) is 32.8 Å². The second-order valence-corrected chi connectivity index (χ2v) is 9.98. The number of carboxylic acids is 1. The highest BCUT2D eigenvalue weighted by molar-refractivity contribution is 5.93. The zero-order chi connectivity index (χ0) is 27.3. The van der Waals surface area contributed by atoms with Gasteiger partial charge in [0.25, 0.3) is 0 Å². The molecule has 1 aliphatic rings. The first-order valence-corrected chi connectivity index (χ1v) is 12.2. The largest absolute Gasteiger partial charge is 0.480 e. The number of hydrogen-bond acceptors (Lipinski definition) is 9. The van der Waals surface area contributed by atoms with Crippen LogP contribution in [0.25, 0.3) is 11.2 Å². The van der Waals surface area contributed by atoms with E-state index in [9.17, 15) is 19.5 Å². The van der Waals surface area contributed by atoms with Crippen LogP contribution < -0.4 is 10.6 Å². The number of carbonyl (C=O) groups excluding carboxylic acids is 2. The normalized spacial score (nSPS) is 17.8. The van der Waals surface area contributed by atoms with Crippen molar-refractivity contribution in [3.63, 3.8) is 0 Å². The zero-order valence-electron chi connectivity index (χ0n) is 21.5. The zero-order valence-corrected chi connectivity index (χ0v) is 21.5. The predicted molar refractivity (Wildman–Crippen MR) is 136 cm³/mol. The van der Waals surface area contributed by atoms with Crippen molar-refractivity contribution in [2.45, 2.75) is 51.5 Å². The Labute approximate surface area is 219 Å². The maximum Gasteiger partial charge on any atom is 0.413 e. The van der Waals surface area contributed by atoms with Gasteiger partial charge in [-0.1, -0.05) is 30.3 Å². The SMILES string of the molecule is CC(C)(C)OC(=O)NC[C@H]1C[C@H](n2cnc3c(NC(=O)OCc4ccccc4)ncnc32)CN1CC(=O)O. The summed E-state index contributed by atoms with van der Waals surface area (Å²) in [7, 11) is 0. The highest BCUT2D eigenvalue weighted by atomic mass is 16.6. The van der Waals surface area contributed by atoms with Gasteiger partial charge in [0.2, 0.25) is 0 Å². The van der Waals surface area contributed by atoms with Gasteiger partial charge in [0, 0.05) is 19.1 Å². The molecule has 202 valence electrons. The van der Waals surface area contributed by atoms with Gasteiger partial charge in [-0.2, -0.15) is 0 Å². The number of alkyl carbamates (subject to hydrolysis) is 1. The Morgan fingerprint density at radius 1 is 1.11 bits per heavy atom. The van der Waals surface area contributed by atoms with Crippen LogP contribution >= 0.6 is 0 Å². The van der Waals surface area contributed by atoms with Gasteiger partial charge in [-0.3, -0.25) is 15.0 Å². The van der Waals surface area contributed by atoms with Gasteiger partial charge in [-0.25, -0.2) is 24.5 Å². The second kappa shape index (κ2) is 11.4. The molecule has 2 aromatic heterocycles. The maximum absolute atomic E-state index is 12.4. The molecular formula is C25H31N7O6. The molecule has 0 radical (unpaired) electrons. The van der Waals surface area contributed by atoms with Crippen LogP contribution in [-0.4, -0.2) is 79.0 Å². The molecule has 1 aliphatic heterocycles. The van der Waals surface area contributed by atoms with Gasteiger partial charge < -0.3 is 24.5 Å². The third kappa shape index (κ3) is 6.94. The summed E-state index contributed by atoms with van der Waals surface area (Å²) < 4.78 is 12.4. The fraction of sp³-hybridized carbons (Fsp3) is 0.440. The highest BCUT2D eigenvalue weighted by Gasteiger charge is 2.35. The van der Waals surface area contributed by atoms with Crippen molar-refractivity contribution in [1.82, 2.24) is 29.7 Å². The number of carbonyl (C=O) groups is 3. The van der Waals surface area contributed by atoms with E-state index >= 15 is 0 Å². The number of anilines is 1. The van der Waals surface area contributed by atoms with Gasteiger partial charge in [0.1, 0.15) is 18.5 Å². The molecule has 0 unspecified atom stereocenters. The summed E-state index contributed by atoms with van der Waals surface area (Å²) in [6.07, 6.45) is 2.21. The number of nitrogens with zero attached hydrogens (tertiary/aromatic N) is 5. The lowest BCUT2D eigenvalue weighted by molar-refractivity contribution is -0.138. The van der Waals surface area contributed by atoms with Crippen molar-refractivity contribution in [2.24, 2.45) is 0 Å². The second-order valence-electron chi connectivity index (χ2n) is 9.98. The number of aromatic nitrogens is 4. The molecule has 0 aliphatic carbocycles. The van der Waals surface area contributed by atoms with Gasteiger partial charge in [0.05, 0.1) is 18.9 Å². The van der Waals surface area contributed by atoms with E-state index in [0.29, 0.717) is 24.1 Å². The van der Waals surface area contributed by atoms with E-state index in [2.05, 4.69) is 25.6 Å². The molecule has 2 atom stereocenters. The standard InChI is InChI=1S/C25H31N7O6/c1-25(2,3)38-23(35)26-10-17-9-18(11-31(17)12-19(33)34)32-15-29-20-21(27-14-28-22(20)32)30-24(36)37-13-16-7-5-4-6-8-16/h4-8,14-15,17-18H,9-13H2,1-3H3,(H,26,35)(H,33,34)(H,27,28,30,36)/t17-,18+/m1/s1. The molecule has 2 amide bonds. The van der Waals surface area contributed by atoms with E-state index in [-0.39, 0.29) is 37.6 Å². The Kier molecular flexibility index (Phi) is 8.05. The Balaban J connectivity index is 1.44. The van der Waals surface area contributed by atoms with E-state index in [1.54, 1.807) is 32.0 Å². The van der Waals surface area contributed by atoms with E-state index in [4.69, 9.17) is 9.47 Å². The Morgan fingerprint density at radius 3 is 2.58 bits per heavy atom. The van der Waals surface area contributed by atoms with E-state index < -0.39 is 23.8 Å². The summed E-state index contributed by atoms with van der Waals surface area (Å²) in [5, 5.41) is 14.8. The first-order chi connectivity index (χ1) is 18.1. The number of amides is 2. The van der Waals surface area contributed by atoms with E-state index in [1.807, 2.05) is 34.9 Å². The predicted octanol–water partition coefficient (Wildman–Crippen LogP) is 2.80. The van der Waals surface area contributed by atoms with Gasteiger partial charge >= 0.3 is 18.2 Å². The molecule has 1 saturated heterocycles.